The largest absolute Gasteiger partial charge is 0.495 e. The molecule has 0 saturated carbocycles. The molecule has 0 aliphatic heterocycles. The first kappa shape index (κ1) is 13.4. The van der Waals surface area contributed by atoms with Crippen LogP contribution in [-0.2, 0) is 0 Å². The molecular formula is C13H12BrN3O2. The Morgan fingerprint density at radius 1 is 1.37 bits per heavy atom. The van der Waals surface area contributed by atoms with Crippen molar-refractivity contribution < 1.29 is 9.53 Å². The quantitative estimate of drug-likeness (QED) is 0.911. The van der Waals surface area contributed by atoms with Crippen LogP contribution < -0.4 is 15.8 Å². The first-order valence-electron chi connectivity index (χ1n) is 5.46. The van der Waals surface area contributed by atoms with Crippen LogP contribution >= 0.6 is 15.9 Å². The summed E-state index contributed by atoms with van der Waals surface area (Å²) in [5, 5.41) is 2.76. The second kappa shape index (κ2) is 5.71. The highest BCUT2D eigenvalue weighted by Crippen LogP contribution is 2.28. The highest BCUT2D eigenvalue weighted by atomic mass is 79.9. The van der Waals surface area contributed by atoms with Crippen molar-refractivity contribution in [2.24, 2.45) is 0 Å². The smallest absolute Gasteiger partial charge is 0.257 e. The molecule has 1 amide bonds. The van der Waals surface area contributed by atoms with Gasteiger partial charge in [0, 0.05) is 10.7 Å². The number of rotatable bonds is 3. The molecule has 6 heteroatoms. The number of nitrogen functional groups attached to an aromatic ring is 1. The number of hydrogen-bond acceptors (Lipinski definition) is 4. The van der Waals surface area contributed by atoms with Gasteiger partial charge in [0.1, 0.15) is 11.6 Å². The number of nitrogens with one attached hydrogen (secondary N) is 1. The number of nitrogens with two attached hydrogens (primary N) is 1. The Kier molecular flexibility index (Phi) is 4.01. The number of pyridine rings is 1. The van der Waals surface area contributed by atoms with Crippen LogP contribution in [0.15, 0.2) is 41.0 Å². The van der Waals surface area contributed by atoms with Crippen LogP contribution in [0.4, 0.5) is 11.5 Å². The van der Waals surface area contributed by atoms with Crippen molar-refractivity contribution in [1.82, 2.24) is 4.98 Å². The Labute approximate surface area is 118 Å². The summed E-state index contributed by atoms with van der Waals surface area (Å²) >= 11 is 3.35. The lowest BCUT2D eigenvalue weighted by molar-refractivity contribution is 0.102. The molecule has 0 bridgehead atoms. The summed E-state index contributed by atoms with van der Waals surface area (Å²) in [7, 11) is 1.55. The van der Waals surface area contributed by atoms with E-state index in [1.165, 1.54) is 6.20 Å². The van der Waals surface area contributed by atoms with Gasteiger partial charge in [0.05, 0.1) is 18.4 Å². The molecular weight excluding hydrogens is 310 g/mol. The molecule has 3 N–H and O–H groups in total. The lowest BCUT2D eigenvalue weighted by atomic mass is 10.2. The zero-order valence-corrected chi connectivity index (χ0v) is 11.8. The summed E-state index contributed by atoms with van der Waals surface area (Å²) in [5.41, 5.74) is 6.49. The van der Waals surface area contributed by atoms with Crippen molar-refractivity contribution in [2.45, 2.75) is 0 Å². The fourth-order valence-corrected chi connectivity index (χ4v) is 1.87. The molecule has 98 valence electrons. The fourth-order valence-electron chi connectivity index (χ4n) is 1.51. The molecule has 0 saturated heterocycles. The summed E-state index contributed by atoms with van der Waals surface area (Å²) in [5.74, 6) is 0.681. The molecule has 0 fully saturated rings. The highest BCUT2D eigenvalue weighted by Gasteiger charge is 2.10. The monoisotopic (exact) mass is 321 g/mol. The molecule has 0 aliphatic rings. The Hall–Kier alpha value is -2.08. The normalized spacial score (nSPS) is 10.0. The molecule has 0 spiro atoms. The third-order valence-electron chi connectivity index (χ3n) is 2.46. The lowest BCUT2D eigenvalue weighted by Crippen LogP contribution is -2.13. The van der Waals surface area contributed by atoms with E-state index in [4.69, 9.17) is 10.5 Å². The minimum Gasteiger partial charge on any atom is -0.495 e. The van der Waals surface area contributed by atoms with Crippen molar-refractivity contribution >= 4 is 33.3 Å². The maximum Gasteiger partial charge on any atom is 0.257 e. The van der Waals surface area contributed by atoms with Gasteiger partial charge in [0.2, 0.25) is 0 Å². The van der Waals surface area contributed by atoms with E-state index in [0.717, 1.165) is 4.47 Å². The standard InChI is InChI=1S/C13H12BrN3O2/c1-19-11-4-3-9(14)6-10(11)17-13(18)8-2-5-12(15)16-7-8/h2-7H,1H3,(H2,15,16)(H,17,18). The number of anilines is 2. The zero-order valence-electron chi connectivity index (χ0n) is 10.2. The second-order valence-electron chi connectivity index (χ2n) is 3.77. The van der Waals surface area contributed by atoms with Crippen molar-refractivity contribution in [3.05, 3.63) is 46.6 Å². The number of nitrogens with zero attached hydrogens (tertiary/aromatic N) is 1. The second-order valence-corrected chi connectivity index (χ2v) is 4.69. The zero-order chi connectivity index (χ0) is 13.8. The lowest BCUT2D eigenvalue weighted by Gasteiger charge is -2.10. The van der Waals surface area contributed by atoms with Gasteiger partial charge < -0.3 is 15.8 Å². The van der Waals surface area contributed by atoms with Gasteiger partial charge in [-0.1, -0.05) is 15.9 Å². The van der Waals surface area contributed by atoms with Crippen molar-refractivity contribution in [3.63, 3.8) is 0 Å². The van der Waals surface area contributed by atoms with Crippen LogP contribution in [0, 0.1) is 0 Å². The molecule has 5 nitrogen and oxygen atoms in total. The number of halogens is 1. The van der Waals surface area contributed by atoms with Crippen LogP contribution in [0.3, 0.4) is 0 Å². The first-order chi connectivity index (χ1) is 9.10. The van der Waals surface area contributed by atoms with E-state index in [-0.39, 0.29) is 5.91 Å². The third kappa shape index (κ3) is 3.23. The Morgan fingerprint density at radius 2 is 2.16 bits per heavy atom. The third-order valence-corrected chi connectivity index (χ3v) is 2.95. The average molecular weight is 322 g/mol. The molecule has 0 atom stereocenters. The van der Waals surface area contributed by atoms with Gasteiger partial charge in [-0.3, -0.25) is 4.79 Å². The van der Waals surface area contributed by atoms with E-state index >= 15 is 0 Å². The van der Waals surface area contributed by atoms with E-state index in [1.54, 1.807) is 31.4 Å². The number of hydrogen-bond donors (Lipinski definition) is 2. The van der Waals surface area contributed by atoms with Crippen LogP contribution in [-0.4, -0.2) is 18.0 Å². The predicted octanol–water partition coefficient (Wildman–Crippen LogP) is 2.69. The van der Waals surface area contributed by atoms with E-state index < -0.39 is 0 Å². The summed E-state index contributed by atoms with van der Waals surface area (Å²) in [6, 6.07) is 8.55. The van der Waals surface area contributed by atoms with E-state index in [2.05, 4.69) is 26.2 Å². The maximum atomic E-state index is 12.0. The van der Waals surface area contributed by atoms with Gasteiger partial charge >= 0.3 is 0 Å². The van der Waals surface area contributed by atoms with Crippen LogP contribution in [0.2, 0.25) is 0 Å². The van der Waals surface area contributed by atoms with Crippen molar-refractivity contribution in [2.75, 3.05) is 18.2 Å². The molecule has 0 radical (unpaired) electrons. The molecule has 2 aromatic rings. The Balaban J connectivity index is 2.23. The minimum absolute atomic E-state index is 0.274. The highest BCUT2D eigenvalue weighted by molar-refractivity contribution is 9.10. The molecule has 1 heterocycles. The fraction of sp³-hybridized carbons (Fsp3) is 0.0769. The summed E-state index contributed by atoms with van der Waals surface area (Å²) in [6.07, 6.45) is 1.43. The summed E-state index contributed by atoms with van der Waals surface area (Å²) in [4.78, 5) is 15.9. The number of benzene rings is 1. The number of amides is 1. The average Bonchev–Trinajstić information content (AvgIpc) is 2.39. The first-order valence-corrected chi connectivity index (χ1v) is 6.26. The van der Waals surface area contributed by atoms with Gasteiger partial charge in [-0.25, -0.2) is 4.98 Å². The molecule has 1 aromatic carbocycles. The molecule has 0 unspecified atom stereocenters. The Morgan fingerprint density at radius 3 is 2.79 bits per heavy atom. The van der Waals surface area contributed by atoms with Gasteiger partial charge in [0.15, 0.2) is 0 Å². The van der Waals surface area contributed by atoms with Gasteiger partial charge in [-0.15, -0.1) is 0 Å². The van der Waals surface area contributed by atoms with E-state index in [9.17, 15) is 4.79 Å². The topological polar surface area (TPSA) is 77.2 Å². The predicted molar refractivity (Wildman–Crippen MR) is 77.3 cm³/mol. The number of carbonyl (C=O) groups excluding carboxylic acids is 1. The molecule has 0 aliphatic carbocycles. The van der Waals surface area contributed by atoms with Crippen LogP contribution in [0.1, 0.15) is 10.4 Å². The van der Waals surface area contributed by atoms with Gasteiger partial charge in [0.25, 0.3) is 5.91 Å². The Bertz CT molecular complexity index is 599. The summed E-state index contributed by atoms with van der Waals surface area (Å²) in [6.45, 7) is 0. The number of carbonyl (C=O) groups is 1. The van der Waals surface area contributed by atoms with E-state index in [0.29, 0.717) is 22.8 Å². The molecule has 2 rings (SSSR count). The van der Waals surface area contributed by atoms with Gasteiger partial charge in [-0.2, -0.15) is 0 Å². The summed E-state index contributed by atoms with van der Waals surface area (Å²) < 4.78 is 6.03. The van der Waals surface area contributed by atoms with Crippen LogP contribution in [0.25, 0.3) is 0 Å². The van der Waals surface area contributed by atoms with Crippen molar-refractivity contribution in [1.29, 1.82) is 0 Å². The number of aromatic nitrogens is 1. The minimum atomic E-state index is -0.274. The SMILES string of the molecule is COc1ccc(Br)cc1NC(=O)c1ccc(N)nc1. The van der Waals surface area contributed by atoms with Crippen molar-refractivity contribution in [3.8, 4) is 5.75 Å². The number of methoxy groups -OCH3 is 1. The molecule has 19 heavy (non-hydrogen) atoms. The number of ether oxygens (including phenoxy) is 1. The van der Waals surface area contributed by atoms with Crippen LogP contribution in [0.5, 0.6) is 5.75 Å². The maximum absolute atomic E-state index is 12.0. The molecule has 1 aromatic heterocycles. The van der Waals surface area contributed by atoms with E-state index in [1.807, 2.05) is 6.07 Å². The van der Waals surface area contributed by atoms with Gasteiger partial charge in [-0.05, 0) is 30.3 Å².